The normalized spacial score (nSPS) is 11.3. The summed E-state index contributed by atoms with van der Waals surface area (Å²) in [6.07, 6.45) is 0. The van der Waals surface area contributed by atoms with Gasteiger partial charge in [-0.1, -0.05) is 109 Å². The van der Waals surface area contributed by atoms with E-state index in [-0.39, 0.29) is 0 Å². The van der Waals surface area contributed by atoms with Crippen LogP contribution in [0.4, 0.5) is 17.1 Å². The van der Waals surface area contributed by atoms with Crippen molar-refractivity contribution in [3.8, 4) is 22.3 Å². The molecule has 0 bridgehead atoms. The van der Waals surface area contributed by atoms with Crippen molar-refractivity contribution in [3.63, 3.8) is 0 Å². The molecule has 0 fully saturated rings. The maximum atomic E-state index is 6.56. The van der Waals surface area contributed by atoms with Crippen LogP contribution in [0.25, 0.3) is 55.0 Å². The maximum Gasteiger partial charge on any atom is 0.143 e. The van der Waals surface area contributed by atoms with Crippen LogP contribution in [0, 0.1) is 0 Å². The summed E-state index contributed by atoms with van der Waals surface area (Å²) >= 11 is 0. The van der Waals surface area contributed by atoms with E-state index in [1.165, 1.54) is 22.1 Å². The molecule has 0 unspecified atom stereocenters. The summed E-state index contributed by atoms with van der Waals surface area (Å²) in [5, 5.41) is 4.58. The summed E-state index contributed by atoms with van der Waals surface area (Å²) in [4.78, 5) is 2.29. The zero-order chi connectivity index (χ0) is 27.9. The first-order valence-corrected chi connectivity index (χ1v) is 14.3. The van der Waals surface area contributed by atoms with Crippen molar-refractivity contribution in [1.82, 2.24) is 0 Å². The van der Waals surface area contributed by atoms with E-state index in [1.807, 2.05) is 6.07 Å². The molecule has 0 aliphatic heterocycles. The summed E-state index contributed by atoms with van der Waals surface area (Å²) in [6.45, 7) is 0. The molecule has 42 heavy (non-hydrogen) atoms. The zero-order valence-corrected chi connectivity index (χ0v) is 22.9. The van der Waals surface area contributed by atoms with Gasteiger partial charge in [-0.15, -0.1) is 0 Å². The predicted molar refractivity (Wildman–Crippen MR) is 177 cm³/mol. The minimum atomic E-state index is 0.908. The molecule has 0 aliphatic carbocycles. The van der Waals surface area contributed by atoms with Gasteiger partial charge in [-0.05, 0) is 82.2 Å². The molecule has 2 nitrogen and oxygen atoms in total. The van der Waals surface area contributed by atoms with Gasteiger partial charge in [0.2, 0.25) is 0 Å². The lowest BCUT2D eigenvalue weighted by Crippen LogP contribution is -2.09. The van der Waals surface area contributed by atoms with Crippen LogP contribution in [0.1, 0.15) is 0 Å². The number of nitrogens with zero attached hydrogens (tertiary/aromatic N) is 1. The third kappa shape index (κ3) is 4.13. The number of rotatable bonds is 5. The quantitative estimate of drug-likeness (QED) is 0.217. The molecular weight excluding hydrogens is 510 g/mol. The molecule has 2 heteroatoms. The fourth-order valence-electron chi connectivity index (χ4n) is 6.04. The average Bonchev–Trinajstić information content (AvgIpc) is 3.44. The van der Waals surface area contributed by atoms with Gasteiger partial charge in [-0.2, -0.15) is 0 Å². The molecule has 0 saturated carbocycles. The Morgan fingerprint density at radius 3 is 1.57 bits per heavy atom. The van der Waals surface area contributed by atoms with Crippen LogP contribution in [0.15, 0.2) is 168 Å². The Hall–Kier alpha value is -5.60. The molecule has 1 heterocycles. The van der Waals surface area contributed by atoms with Crippen LogP contribution >= 0.6 is 0 Å². The Morgan fingerprint density at radius 1 is 0.357 bits per heavy atom. The molecule has 7 aromatic carbocycles. The minimum Gasteiger partial charge on any atom is -0.455 e. The predicted octanol–water partition coefficient (Wildman–Crippen LogP) is 11.5. The lowest BCUT2D eigenvalue weighted by Gasteiger charge is -2.25. The largest absolute Gasteiger partial charge is 0.455 e. The van der Waals surface area contributed by atoms with E-state index in [4.69, 9.17) is 4.42 Å². The van der Waals surface area contributed by atoms with Crippen molar-refractivity contribution in [3.05, 3.63) is 164 Å². The van der Waals surface area contributed by atoms with Gasteiger partial charge in [0, 0.05) is 33.2 Å². The van der Waals surface area contributed by atoms with E-state index in [0.29, 0.717) is 0 Å². The third-order valence-corrected chi connectivity index (χ3v) is 8.05. The van der Waals surface area contributed by atoms with E-state index in [0.717, 1.165) is 50.0 Å². The van der Waals surface area contributed by atoms with Gasteiger partial charge in [0.05, 0.1) is 0 Å². The summed E-state index contributed by atoms with van der Waals surface area (Å²) in [5.74, 6) is 0. The van der Waals surface area contributed by atoms with Gasteiger partial charge in [-0.3, -0.25) is 0 Å². The SMILES string of the molecule is c1ccc(-c2ccc3c(c2)oc2c4ccccc4c(-c4ccc(N(c5ccccc5)c5ccccc5)cc4)cc32)cc1. The van der Waals surface area contributed by atoms with Crippen molar-refractivity contribution in [2.75, 3.05) is 4.90 Å². The second-order valence-electron chi connectivity index (χ2n) is 10.6. The van der Waals surface area contributed by atoms with Crippen molar-refractivity contribution in [2.45, 2.75) is 0 Å². The van der Waals surface area contributed by atoms with Gasteiger partial charge in [0.1, 0.15) is 11.2 Å². The van der Waals surface area contributed by atoms with Crippen LogP contribution in [-0.2, 0) is 0 Å². The first kappa shape index (κ1) is 24.2. The number of hydrogen-bond acceptors (Lipinski definition) is 2. The summed E-state index contributed by atoms with van der Waals surface area (Å²) in [7, 11) is 0. The number of hydrogen-bond donors (Lipinski definition) is 0. The topological polar surface area (TPSA) is 16.4 Å². The number of benzene rings is 7. The van der Waals surface area contributed by atoms with Crippen LogP contribution in [0.3, 0.4) is 0 Å². The van der Waals surface area contributed by atoms with Crippen LogP contribution in [0.5, 0.6) is 0 Å². The molecule has 0 spiro atoms. The fraction of sp³-hybridized carbons (Fsp3) is 0. The molecule has 0 amide bonds. The summed E-state index contributed by atoms with van der Waals surface area (Å²) < 4.78 is 6.56. The second kappa shape index (κ2) is 10.1. The molecule has 198 valence electrons. The first-order chi connectivity index (χ1) is 20.8. The van der Waals surface area contributed by atoms with Gasteiger partial charge in [-0.25, -0.2) is 0 Å². The molecule has 0 N–H and O–H groups in total. The smallest absolute Gasteiger partial charge is 0.143 e. The van der Waals surface area contributed by atoms with E-state index in [1.54, 1.807) is 0 Å². The second-order valence-corrected chi connectivity index (χ2v) is 10.6. The zero-order valence-electron chi connectivity index (χ0n) is 22.9. The molecule has 0 atom stereocenters. The highest BCUT2D eigenvalue weighted by Crippen LogP contribution is 2.42. The average molecular weight is 538 g/mol. The Labute approximate surface area is 244 Å². The molecule has 0 aliphatic rings. The van der Waals surface area contributed by atoms with Crippen LogP contribution < -0.4 is 4.90 Å². The highest BCUT2D eigenvalue weighted by atomic mass is 16.3. The standard InChI is InChI=1S/C40H27NO/c1-4-12-28(13-5-1)30-22-25-35-38-27-37(34-18-10-11-19-36(34)40(38)42-39(35)26-30)29-20-23-33(24-21-29)41(31-14-6-2-7-15-31)32-16-8-3-9-17-32/h1-27H. The lowest BCUT2D eigenvalue weighted by molar-refractivity contribution is 0.673. The Kier molecular flexibility index (Phi) is 5.82. The van der Waals surface area contributed by atoms with Crippen LogP contribution in [0.2, 0.25) is 0 Å². The molecule has 0 radical (unpaired) electrons. The lowest BCUT2D eigenvalue weighted by atomic mass is 9.95. The Morgan fingerprint density at radius 2 is 0.905 bits per heavy atom. The molecule has 1 aromatic heterocycles. The Bertz CT molecular complexity index is 2120. The number of para-hydroxylation sites is 2. The van der Waals surface area contributed by atoms with Crippen molar-refractivity contribution >= 4 is 49.8 Å². The van der Waals surface area contributed by atoms with E-state index in [2.05, 4.69) is 163 Å². The Balaban J connectivity index is 1.27. The minimum absolute atomic E-state index is 0.908. The third-order valence-electron chi connectivity index (χ3n) is 8.05. The molecule has 8 rings (SSSR count). The van der Waals surface area contributed by atoms with Crippen molar-refractivity contribution < 1.29 is 4.42 Å². The van der Waals surface area contributed by atoms with Crippen molar-refractivity contribution in [2.24, 2.45) is 0 Å². The summed E-state index contributed by atoms with van der Waals surface area (Å²) in [5.41, 5.74) is 9.93. The van der Waals surface area contributed by atoms with Gasteiger partial charge < -0.3 is 9.32 Å². The molecule has 0 saturated heterocycles. The number of furan rings is 1. The van der Waals surface area contributed by atoms with Crippen LogP contribution in [-0.4, -0.2) is 0 Å². The maximum absolute atomic E-state index is 6.56. The number of fused-ring (bicyclic) bond motifs is 5. The van der Waals surface area contributed by atoms with Gasteiger partial charge in [0.25, 0.3) is 0 Å². The monoisotopic (exact) mass is 537 g/mol. The number of anilines is 3. The summed E-state index contributed by atoms with van der Waals surface area (Å²) in [6, 6.07) is 57.8. The van der Waals surface area contributed by atoms with Gasteiger partial charge >= 0.3 is 0 Å². The fourth-order valence-corrected chi connectivity index (χ4v) is 6.04. The highest BCUT2D eigenvalue weighted by molar-refractivity contribution is 6.19. The van der Waals surface area contributed by atoms with E-state index >= 15 is 0 Å². The molecule has 8 aromatic rings. The van der Waals surface area contributed by atoms with E-state index < -0.39 is 0 Å². The van der Waals surface area contributed by atoms with Gasteiger partial charge in [0.15, 0.2) is 0 Å². The molecular formula is C40H27NO. The first-order valence-electron chi connectivity index (χ1n) is 14.3. The highest BCUT2D eigenvalue weighted by Gasteiger charge is 2.17. The van der Waals surface area contributed by atoms with Crippen molar-refractivity contribution in [1.29, 1.82) is 0 Å². The van der Waals surface area contributed by atoms with E-state index in [9.17, 15) is 0 Å².